The summed E-state index contributed by atoms with van der Waals surface area (Å²) >= 11 is 0. The number of hydrogen-bond donors (Lipinski definition) is 0. The van der Waals surface area contributed by atoms with Gasteiger partial charge in [0.05, 0.1) is 7.11 Å². The van der Waals surface area contributed by atoms with Gasteiger partial charge in [0.2, 0.25) is 8.32 Å². The first-order valence-corrected chi connectivity index (χ1v) is 9.03. The summed E-state index contributed by atoms with van der Waals surface area (Å²) in [5, 5.41) is 0. The molecule has 0 aliphatic rings. The van der Waals surface area contributed by atoms with Crippen molar-refractivity contribution in [3.8, 4) is 0 Å². The monoisotopic (exact) mass is 248 g/mol. The molecular formula is C14H20O2Si. The fourth-order valence-corrected chi connectivity index (χ4v) is 2.13. The topological polar surface area (TPSA) is 18.5 Å². The standard InChI is InChI=1S/C14H20O2Si/c1-6-12-9-7-8-10-13(12)11-14(15-2)16-17(3,4)5/h6-11H,1H2,2-5H3/b14-11+. The molecule has 0 radical (unpaired) electrons. The lowest BCUT2D eigenvalue weighted by Gasteiger charge is -2.20. The lowest BCUT2D eigenvalue weighted by Crippen LogP contribution is -2.25. The second-order valence-corrected chi connectivity index (χ2v) is 9.14. The van der Waals surface area contributed by atoms with Crippen molar-refractivity contribution in [3.05, 3.63) is 47.9 Å². The van der Waals surface area contributed by atoms with Gasteiger partial charge in [-0.15, -0.1) is 0 Å². The Hall–Kier alpha value is -1.48. The van der Waals surface area contributed by atoms with E-state index in [0.29, 0.717) is 5.95 Å². The van der Waals surface area contributed by atoms with E-state index in [2.05, 4.69) is 26.2 Å². The highest BCUT2D eigenvalue weighted by Gasteiger charge is 2.18. The molecule has 0 N–H and O–H groups in total. The molecule has 0 atom stereocenters. The number of methoxy groups -OCH3 is 1. The lowest BCUT2D eigenvalue weighted by atomic mass is 10.1. The molecule has 0 spiro atoms. The molecule has 0 amide bonds. The van der Waals surface area contributed by atoms with Gasteiger partial charge in [-0.1, -0.05) is 36.9 Å². The van der Waals surface area contributed by atoms with Gasteiger partial charge in [0.25, 0.3) is 5.95 Å². The van der Waals surface area contributed by atoms with Crippen molar-refractivity contribution in [3.63, 3.8) is 0 Å². The average molecular weight is 248 g/mol. The fourth-order valence-electron chi connectivity index (χ4n) is 1.39. The first-order chi connectivity index (χ1) is 7.96. The van der Waals surface area contributed by atoms with Crippen molar-refractivity contribution < 1.29 is 9.16 Å². The maximum Gasteiger partial charge on any atom is 0.265 e. The second-order valence-electron chi connectivity index (χ2n) is 4.71. The van der Waals surface area contributed by atoms with Crippen LogP contribution in [-0.2, 0) is 9.16 Å². The van der Waals surface area contributed by atoms with Crippen molar-refractivity contribution in [1.29, 1.82) is 0 Å². The smallest absolute Gasteiger partial charge is 0.265 e. The third-order valence-electron chi connectivity index (χ3n) is 2.10. The van der Waals surface area contributed by atoms with Gasteiger partial charge < -0.3 is 9.16 Å². The molecule has 0 fully saturated rings. The zero-order valence-corrected chi connectivity index (χ0v) is 12.0. The molecule has 0 aromatic heterocycles. The van der Waals surface area contributed by atoms with E-state index < -0.39 is 8.32 Å². The van der Waals surface area contributed by atoms with Crippen LogP contribution < -0.4 is 0 Å². The largest absolute Gasteiger partial charge is 0.520 e. The molecule has 92 valence electrons. The summed E-state index contributed by atoms with van der Waals surface area (Å²) in [6, 6.07) is 8.01. The third kappa shape index (κ3) is 4.49. The molecule has 0 unspecified atom stereocenters. The quantitative estimate of drug-likeness (QED) is 0.576. The molecule has 0 aliphatic heterocycles. The van der Waals surface area contributed by atoms with Crippen molar-refractivity contribution in [1.82, 2.24) is 0 Å². The van der Waals surface area contributed by atoms with Crippen LogP contribution in [-0.4, -0.2) is 15.4 Å². The second kappa shape index (κ2) is 5.73. The van der Waals surface area contributed by atoms with E-state index in [4.69, 9.17) is 9.16 Å². The number of benzene rings is 1. The van der Waals surface area contributed by atoms with Gasteiger partial charge in [-0.3, -0.25) is 0 Å². The molecule has 0 heterocycles. The average Bonchev–Trinajstić information content (AvgIpc) is 2.27. The van der Waals surface area contributed by atoms with Gasteiger partial charge in [0.1, 0.15) is 0 Å². The lowest BCUT2D eigenvalue weighted by molar-refractivity contribution is 0.152. The molecule has 0 bridgehead atoms. The van der Waals surface area contributed by atoms with Gasteiger partial charge in [-0.2, -0.15) is 0 Å². The van der Waals surface area contributed by atoms with E-state index in [1.54, 1.807) is 7.11 Å². The molecule has 1 rings (SSSR count). The summed E-state index contributed by atoms with van der Waals surface area (Å²) in [6.07, 6.45) is 3.74. The van der Waals surface area contributed by atoms with Crippen molar-refractivity contribution >= 4 is 20.5 Å². The molecule has 0 saturated carbocycles. The Morgan fingerprint density at radius 2 is 1.76 bits per heavy atom. The molecule has 1 aromatic rings. The SMILES string of the molecule is C=Cc1ccccc1/C=C(\OC)O[Si](C)(C)C. The van der Waals surface area contributed by atoms with E-state index in [9.17, 15) is 0 Å². The summed E-state index contributed by atoms with van der Waals surface area (Å²) in [6.45, 7) is 10.2. The van der Waals surface area contributed by atoms with Crippen LogP contribution in [0.25, 0.3) is 12.2 Å². The highest BCUT2D eigenvalue weighted by Crippen LogP contribution is 2.18. The number of hydrogen-bond acceptors (Lipinski definition) is 2. The molecule has 3 heteroatoms. The van der Waals surface area contributed by atoms with Gasteiger partial charge in [-0.25, -0.2) is 0 Å². The summed E-state index contributed by atoms with van der Waals surface area (Å²) in [4.78, 5) is 0. The highest BCUT2D eigenvalue weighted by molar-refractivity contribution is 6.70. The van der Waals surface area contributed by atoms with Gasteiger partial charge >= 0.3 is 0 Å². The van der Waals surface area contributed by atoms with Crippen molar-refractivity contribution in [2.45, 2.75) is 19.6 Å². The van der Waals surface area contributed by atoms with Crippen LogP contribution in [0.2, 0.25) is 19.6 Å². The van der Waals surface area contributed by atoms with Gasteiger partial charge in [0.15, 0.2) is 0 Å². The number of ether oxygens (including phenoxy) is 1. The van der Waals surface area contributed by atoms with Crippen molar-refractivity contribution in [2.75, 3.05) is 7.11 Å². The molecule has 0 saturated heterocycles. The van der Waals surface area contributed by atoms with Crippen LogP contribution in [0.15, 0.2) is 36.8 Å². The van der Waals surface area contributed by atoms with E-state index >= 15 is 0 Å². The molecule has 1 aromatic carbocycles. The van der Waals surface area contributed by atoms with Crippen molar-refractivity contribution in [2.24, 2.45) is 0 Å². The zero-order valence-electron chi connectivity index (χ0n) is 11.0. The van der Waals surface area contributed by atoms with E-state index in [-0.39, 0.29) is 0 Å². The molecular weight excluding hydrogens is 228 g/mol. The normalized spacial score (nSPS) is 12.1. The Balaban J connectivity index is 3.02. The molecule has 17 heavy (non-hydrogen) atoms. The van der Waals surface area contributed by atoms with Crippen LogP contribution in [0.4, 0.5) is 0 Å². The fraction of sp³-hybridized carbons (Fsp3) is 0.286. The molecule has 0 aliphatic carbocycles. The Bertz CT molecular complexity index is 416. The predicted octanol–water partition coefficient (Wildman–Crippen LogP) is 4.13. The Labute approximate surface area is 105 Å². The third-order valence-corrected chi connectivity index (χ3v) is 2.91. The Morgan fingerprint density at radius 3 is 2.24 bits per heavy atom. The van der Waals surface area contributed by atoms with Gasteiger partial charge in [0, 0.05) is 6.08 Å². The van der Waals surface area contributed by atoms with Gasteiger partial charge in [-0.05, 0) is 30.8 Å². The summed E-state index contributed by atoms with van der Waals surface area (Å²) in [7, 11) is -0.0143. The van der Waals surface area contributed by atoms with Crippen LogP contribution in [0, 0.1) is 0 Å². The summed E-state index contributed by atoms with van der Waals surface area (Å²) in [5.41, 5.74) is 2.12. The van der Waals surface area contributed by atoms with Crippen LogP contribution in [0.3, 0.4) is 0 Å². The maximum absolute atomic E-state index is 5.83. The maximum atomic E-state index is 5.83. The Morgan fingerprint density at radius 1 is 1.18 bits per heavy atom. The first kappa shape index (κ1) is 13.6. The van der Waals surface area contributed by atoms with Crippen LogP contribution >= 0.6 is 0 Å². The minimum atomic E-state index is -1.64. The minimum absolute atomic E-state index is 0.568. The van der Waals surface area contributed by atoms with E-state index in [0.717, 1.165) is 11.1 Å². The zero-order chi connectivity index (χ0) is 12.9. The van der Waals surface area contributed by atoms with E-state index in [1.165, 1.54) is 0 Å². The molecule has 2 nitrogen and oxygen atoms in total. The van der Waals surface area contributed by atoms with E-state index in [1.807, 2.05) is 36.4 Å². The minimum Gasteiger partial charge on any atom is -0.520 e. The summed E-state index contributed by atoms with van der Waals surface area (Å²) < 4.78 is 11.1. The number of rotatable bonds is 5. The van der Waals surface area contributed by atoms with Crippen LogP contribution in [0.5, 0.6) is 0 Å². The summed E-state index contributed by atoms with van der Waals surface area (Å²) in [5.74, 6) is 0.568. The predicted molar refractivity (Wildman–Crippen MR) is 76.0 cm³/mol. The Kier molecular flexibility index (Phi) is 4.58. The first-order valence-electron chi connectivity index (χ1n) is 5.62. The highest BCUT2D eigenvalue weighted by atomic mass is 28.4. The van der Waals surface area contributed by atoms with Crippen LogP contribution in [0.1, 0.15) is 11.1 Å².